The van der Waals surface area contributed by atoms with Crippen molar-refractivity contribution in [1.29, 1.82) is 0 Å². The molecule has 0 aliphatic carbocycles. The summed E-state index contributed by atoms with van der Waals surface area (Å²) in [7, 11) is 0. The summed E-state index contributed by atoms with van der Waals surface area (Å²) in [6, 6.07) is 5.72. The summed E-state index contributed by atoms with van der Waals surface area (Å²) in [4.78, 5) is 2.39. The molecule has 0 aliphatic rings. The van der Waals surface area contributed by atoms with E-state index in [1.54, 1.807) is 0 Å². The van der Waals surface area contributed by atoms with E-state index in [0.29, 0.717) is 5.92 Å². The normalized spacial score (nSPS) is 13.0. The summed E-state index contributed by atoms with van der Waals surface area (Å²) >= 11 is 6.19. The molecule has 0 saturated carbocycles. The minimum atomic E-state index is 0.707. The number of anilines is 1. The van der Waals surface area contributed by atoms with Gasteiger partial charge in [0.1, 0.15) is 0 Å². The van der Waals surface area contributed by atoms with E-state index >= 15 is 0 Å². The van der Waals surface area contributed by atoms with Gasteiger partial charge >= 0.3 is 0 Å². The maximum Gasteiger partial charge on any atom is 0.0471 e. The van der Waals surface area contributed by atoms with Crippen LogP contribution in [0.1, 0.15) is 32.8 Å². The highest BCUT2D eigenvalue weighted by atomic mass is 35.5. The van der Waals surface area contributed by atoms with Crippen LogP contribution in [0.15, 0.2) is 18.2 Å². The number of nitrogen functional groups attached to an aromatic ring is 1. The summed E-state index contributed by atoms with van der Waals surface area (Å²) in [6.45, 7) is 9.63. The van der Waals surface area contributed by atoms with E-state index in [-0.39, 0.29) is 0 Å². The van der Waals surface area contributed by atoms with Crippen LogP contribution in [-0.2, 0) is 6.54 Å². The molecule has 0 bridgehead atoms. The molecular formula is C14H23ClN2. The Morgan fingerprint density at radius 2 is 2.06 bits per heavy atom. The smallest absolute Gasteiger partial charge is 0.0471 e. The summed E-state index contributed by atoms with van der Waals surface area (Å²) in [5, 5.41) is 0.771. The van der Waals surface area contributed by atoms with Gasteiger partial charge < -0.3 is 5.73 Å². The van der Waals surface area contributed by atoms with Crippen LogP contribution in [0.2, 0.25) is 5.02 Å². The first-order valence-corrected chi connectivity index (χ1v) is 6.71. The van der Waals surface area contributed by atoms with Gasteiger partial charge in [-0.25, -0.2) is 0 Å². The number of nitrogens with zero attached hydrogens (tertiary/aromatic N) is 1. The Morgan fingerprint density at radius 3 is 2.59 bits per heavy atom. The first-order chi connectivity index (χ1) is 8.08. The Balaban J connectivity index is 2.73. The minimum Gasteiger partial charge on any atom is -0.398 e. The van der Waals surface area contributed by atoms with Gasteiger partial charge in [-0.15, -0.1) is 0 Å². The first-order valence-electron chi connectivity index (χ1n) is 6.33. The molecule has 2 nitrogen and oxygen atoms in total. The topological polar surface area (TPSA) is 29.3 Å². The summed E-state index contributed by atoms with van der Waals surface area (Å²) in [6.07, 6.45) is 1.20. The SMILES string of the molecule is CCC(C)CN(CC)Cc1c(N)cccc1Cl. The number of hydrogen-bond donors (Lipinski definition) is 1. The van der Waals surface area contributed by atoms with Gasteiger partial charge in [-0.2, -0.15) is 0 Å². The molecule has 1 aromatic rings. The number of benzene rings is 1. The molecule has 0 radical (unpaired) electrons. The van der Waals surface area contributed by atoms with Gasteiger partial charge in [0.15, 0.2) is 0 Å². The van der Waals surface area contributed by atoms with Gasteiger partial charge in [-0.05, 0) is 24.6 Å². The second-order valence-electron chi connectivity index (χ2n) is 4.65. The maximum atomic E-state index is 6.19. The molecule has 3 heteroatoms. The van der Waals surface area contributed by atoms with Crippen LogP contribution in [0, 0.1) is 5.92 Å². The molecule has 96 valence electrons. The fraction of sp³-hybridized carbons (Fsp3) is 0.571. The highest BCUT2D eigenvalue weighted by Crippen LogP contribution is 2.24. The van der Waals surface area contributed by atoms with Crippen LogP contribution in [0.5, 0.6) is 0 Å². The lowest BCUT2D eigenvalue weighted by molar-refractivity contribution is 0.238. The maximum absolute atomic E-state index is 6.19. The molecule has 0 spiro atoms. The molecule has 1 rings (SSSR count). The van der Waals surface area contributed by atoms with Crippen LogP contribution in [-0.4, -0.2) is 18.0 Å². The summed E-state index contributed by atoms with van der Waals surface area (Å²) in [5.74, 6) is 0.707. The van der Waals surface area contributed by atoms with E-state index < -0.39 is 0 Å². The van der Waals surface area contributed by atoms with E-state index in [9.17, 15) is 0 Å². The van der Waals surface area contributed by atoms with E-state index in [1.807, 2.05) is 18.2 Å². The number of nitrogens with two attached hydrogens (primary N) is 1. The predicted octanol–water partition coefficient (Wildman–Crippen LogP) is 3.79. The van der Waals surface area contributed by atoms with Crippen LogP contribution in [0.3, 0.4) is 0 Å². The van der Waals surface area contributed by atoms with Crippen molar-refractivity contribution >= 4 is 17.3 Å². The lowest BCUT2D eigenvalue weighted by atomic mass is 10.1. The Labute approximate surface area is 110 Å². The van der Waals surface area contributed by atoms with Crippen molar-refractivity contribution in [2.24, 2.45) is 5.92 Å². The van der Waals surface area contributed by atoms with Crippen LogP contribution in [0.25, 0.3) is 0 Å². The van der Waals surface area contributed by atoms with Gasteiger partial charge in [-0.3, -0.25) is 4.90 Å². The Bertz CT molecular complexity index is 332. The number of halogens is 1. The first kappa shape index (κ1) is 14.3. The Kier molecular flexibility index (Phi) is 5.79. The molecule has 0 heterocycles. The Morgan fingerprint density at radius 1 is 1.35 bits per heavy atom. The van der Waals surface area contributed by atoms with Gasteiger partial charge in [0, 0.05) is 29.4 Å². The predicted molar refractivity (Wildman–Crippen MR) is 76.3 cm³/mol. The fourth-order valence-corrected chi connectivity index (χ4v) is 2.08. The Hall–Kier alpha value is -0.730. The average molecular weight is 255 g/mol. The average Bonchev–Trinajstić information content (AvgIpc) is 2.32. The largest absolute Gasteiger partial charge is 0.398 e. The molecule has 1 unspecified atom stereocenters. The van der Waals surface area contributed by atoms with E-state index in [2.05, 4.69) is 25.7 Å². The quantitative estimate of drug-likeness (QED) is 0.783. The lowest BCUT2D eigenvalue weighted by Gasteiger charge is -2.24. The standard InChI is InChI=1S/C14H23ClN2/c1-4-11(3)9-17(5-2)10-12-13(15)7-6-8-14(12)16/h6-8,11H,4-5,9-10,16H2,1-3H3. The minimum absolute atomic E-state index is 0.707. The van der Waals surface area contributed by atoms with Crippen molar-refractivity contribution in [3.8, 4) is 0 Å². The molecule has 17 heavy (non-hydrogen) atoms. The van der Waals surface area contributed by atoms with Crippen molar-refractivity contribution in [3.05, 3.63) is 28.8 Å². The second kappa shape index (κ2) is 6.87. The molecule has 1 atom stereocenters. The van der Waals surface area contributed by atoms with Crippen molar-refractivity contribution in [2.75, 3.05) is 18.8 Å². The van der Waals surface area contributed by atoms with E-state index in [4.69, 9.17) is 17.3 Å². The number of rotatable bonds is 6. The van der Waals surface area contributed by atoms with Gasteiger partial charge in [-0.1, -0.05) is 44.9 Å². The van der Waals surface area contributed by atoms with Crippen LogP contribution < -0.4 is 5.73 Å². The van der Waals surface area contributed by atoms with Crippen molar-refractivity contribution in [3.63, 3.8) is 0 Å². The molecule has 0 fully saturated rings. The molecule has 0 saturated heterocycles. The molecule has 1 aromatic carbocycles. The zero-order valence-corrected chi connectivity index (χ0v) is 11.8. The molecule has 2 N–H and O–H groups in total. The summed E-state index contributed by atoms with van der Waals surface area (Å²) < 4.78 is 0. The third-order valence-electron chi connectivity index (χ3n) is 3.25. The van der Waals surface area contributed by atoms with Crippen molar-refractivity contribution in [1.82, 2.24) is 4.90 Å². The van der Waals surface area contributed by atoms with Gasteiger partial charge in [0.2, 0.25) is 0 Å². The third-order valence-corrected chi connectivity index (χ3v) is 3.60. The third kappa shape index (κ3) is 4.21. The molecule has 0 aliphatic heterocycles. The summed E-state index contributed by atoms with van der Waals surface area (Å²) in [5.41, 5.74) is 7.82. The molecule has 0 amide bonds. The second-order valence-corrected chi connectivity index (χ2v) is 5.06. The lowest BCUT2D eigenvalue weighted by Crippen LogP contribution is -2.28. The molecular weight excluding hydrogens is 232 g/mol. The zero-order chi connectivity index (χ0) is 12.8. The van der Waals surface area contributed by atoms with Crippen molar-refractivity contribution < 1.29 is 0 Å². The highest BCUT2D eigenvalue weighted by molar-refractivity contribution is 6.31. The van der Waals surface area contributed by atoms with Crippen molar-refractivity contribution in [2.45, 2.75) is 33.7 Å². The zero-order valence-electron chi connectivity index (χ0n) is 11.0. The fourth-order valence-electron chi connectivity index (χ4n) is 1.84. The highest BCUT2D eigenvalue weighted by Gasteiger charge is 2.11. The monoisotopic (exact) mass is 254 g/mol. The number of hydrogen-bond acceptors (Lipinski definition) is 2. The van der Waals surface area contributed by atoms with Gasteiger partial charge in [0.25, 0.3) is 0 Å². The van der Waals surface area contributed by atoms with E-state index in [0.717, 1.165) is 35.9 Å². The van der Waals surface area contributed by atoms with E-state index in [1.165, 1.54) is 6.42 Å². The molecule has 0 aromatic heterocycles. The van der Waals surface area contributed by atoms with Gasteiger partial charge in [0.05, 0.1) is 0 Å². The van der Waals surface area contributed by atoms with Crippen LogP contribution in [0.4, 0.5) is 5.69 Å². The van der Waals surface area contributed by atoms with Crippen LogP contribution >= 0.6 is 11.6 Å².